The van der Waals surface area contributed by atoms with Crippen LogP contribution in [0.1, 0.15) is 0 Å². The van der Waals surface area contributed by atoms with Crippen LogP contribution in [0.3, 0.4) is 0 Å². The summed E-state index contributed by atoms with van der Waals surface area (Å²) in [5.74, 6) is 0. The molecule has 0 aromatic rings. The normalized spacial score (nSPS) is 0. The maximum atomic E-state index is 0. The van der Waals surface area contributed by atoms with Gasteiger partial charge in [0.25, 0.3) is 0 Å². The van der Waals surface area contributed by atoms with Crippen molar-refractivity contribution in [1.29, 1.82) is 0 Å². The van der Waals surface area contributed by atoms with E-state index in [1.54, 1.807) is 0 Å². The van der Waals surface area contributed by atoms with Gasteiger partial charge in [-0.05, 0) is 0 Å². The first kappa shape index (κ1) is 33.8. The Morgan fingerprint density at radius 1 is 1.00 bits per heavy atom. The Morgan fingerprint density at radius 3 is 1.00 bits per heavy atom. The summed E-state index contributed by atoms with van der Waals surface area (Å²) in [7, 11) is 0. The molecule has 0 aliphatic heterocycles. The summed E-state index contributed by atoms with van der Waals surface area (Å²) >= 11 is 0. The van der Waals surface area contributed by atoms with Gasteiger partial charge in [0.2, 0.25) is 0 Å². The van der Waals surface area contributed by atoms with E-state index in [1.807, 2.05) is 0 Å². The van der Waals surface area contributed by atoms with Crippen molar-refractivity contribution < 1.29 is 52.3 Å². The van der Waals surface area contributed by atoms with Crippen LogP contribution >= 0.6 is 0 Å². The average Bonchev–Trinajstić information content (AvgIpc) is 0. The Labute approximate surface area is 74.3 Å². The standard InChI is InChI=1S/Cd.Mg.H2O.Zn/h;;1H2;. The minimum atomic E-state index is 0. The summed E-state index contributed by atoms with van der Waals surface area (Å²) in [6, 6.07) is 0. The molecule has 0 rings (SSSR count). The van der Waals surface area contributed by atoms with Crippen LogP contribution in [-0.4, -0.2) is 28.5 Å². The molecule has 0 atom stereocenters. The first-order valence-electron chi connectivity index (χ1n) is 0. The third kappa shape index (κ3) is 8.86. The molecular weight excluding hydrogens is 218 g/mol. The van der Waals surface area contributed by atoms with E-state index < -0.39 is 0 Å². The van der Waals surface area contributed by atoms with Crippen molar-refractivity contribution in [2.75, 3.05) is 0 Å². The van der Waals surface area contributed by atoms with Gasteiger partial charge in [0.05, 0.1) is 0 Å². The van der Waals surface area contributed by atoms with Crippen molar-refractivity contribution in [1.82, 2.24) is 0 Å². The quantitative estimate of drug-likeness (QED) is 0.459. The second-order valence-electron chi connectivity index (χ2n) is 0. The zero-order chi connectivity index (χ0) is 0. The van der Waals surface area contributed by atoms with Crippen molar-refractivity contribution in [2.24, 2.45) is 0 Å². The van der Waals surface area contributed by atoms with Gasteiger partial charge in [-0.3, -0.25) is 0 Å². The molecule has 0 saturated carbocycles. The first-order valence-corrected chi connectivity index (χ1v) is 0. The molecule has 1 nitrogen and oxygen atoms in total. The fourth-order valence-electron chi connectivity index (χ4n) is 0. The van der Waals surface area contributed by atoms with Crippen molar-refractivity contribution >= 4 is 23.1 Å². The smallest absolute Gasteiger partial charge is 0 e. The molecule has 0 bridgehead atoms. The molecule has 0 spiro atoms. The Hall–Kier alpha value is 2.27. The molecule has 4 heavy (non-hydrogen) atoms. The maximum absolute atomic E-state index is 0. The molecule has 0 saturated heterocycles. The number of hydrogen-bond donors (Lipinski definition) is 0. The van der Waals surface area contributed by atoms with E-state index in [0.29, 0.717) is 0 Å². The summed E-state index contributed by atoms with van der Waals surface area (Å²) in [4.78, 5) is 0. The molecule has 14 valence electrons. The van der Waals surface area contributed by atoms with Crippen molar-refractivity contribution in [3.63, 3.8) is 0 Å². The Morgan fingerprint density at radius 2 is 1.00 bits per heavy atom. The van der Waals surface area contributed by atoms with Crippen LogP contribution in [0.5, 0.6) is 0 Å². The molecule has 2 radical (unpaired) electrons. The van der Waals surface area contributed by atoms with E-state index in [2.05, 4.69) is 0 Å². The van der Waals surface area contributed by atoms with E-state index in [1.165, 1.54) is 0 Å². The third-order valence-electron chi connectivity index (χ3n) is 0. The van der Waals surface area contributed by atoms with Crippen LogP contribution in [-0.2, 0) is 46.8 Å². The average molecular weight is 220 g/mol. The Balaban J connectivity index is 0. The second kappa shape index (κ2) is 18.6. The van der Waals surface area contributed by atoms with Crippen LogP contribution in [0.25, 0.3) is 0 Å². The van der Waals surface area contributed by atoms with Crippen LogP contribution in [0.15, 0.2) is 0 Å². The van der Waals surface area contributed by atoms with E-state index in [4.69, 9.17) is 0 Å². The van der Waals surface area contributed by atoms with Gasteiger partial charge in [-0.15, -0.1) is 0 Å². The monoisotopic (exact) mass is 220 g/mol. The molecule has 0 aromatic carbocycles. The van der Waals surface area contributed by atoms with Crippen LogP contribution in [0, 0.1) is 0 Å². The largest absolute Gasteiger partial charge is 0.412 e. The zero-order valence-electron chi connectivity index (χ0n) is 2.62. The maximum Gasteiger partial charge on any atom is 0 e. The second-order valence-corrected chi connectivity index (χ2v) is 0. The summed E-state index contributed by atoms with van der Waals surface area (Å²) in [5.41, 5.74) is 0. The number of rotatable bonds is 0. The molecule has 0 aliphatic rings. The minimum absolute atomic E-state index is 0. The first-order chi connectivity index (χ1) is 0. The topological polar surface area (TPSA) is 31.5 Å². The van der Waals surface area contributed by atoms with E-state index in [0.717, 1.165) is 0 Å². The van der Waals surface area contributed by atoms with Crippen LogP contribution in [0.2, 0.25) is 0 Å². The van der Waals surface area contributed by atoms with E-state index in [-0.39, 0.29) is 75.3 Å². The van der Waals surface area contributed by atoms with Gasteiger partial charge in [-0.25, -0.2) is 0 Å². The molecule has 0 aromatic heterocycles. The summed E-state index contributed by atoms with van der Waals surface area (Å²) < 4.78 is 0. The fraction of sp³-hybridized carbons (Fsp3) is 0. The predicted molar refractivity (Wildman–Crippen MR) is 9.37 cm³/mol. The van der Waals surface area contributed by atoms with Gasteiger partial charge >= 0.3 is 0 Å². The molecule has 0 aliphatic carbocycles. The van der Waals surface area contributed by atoms with Gasteiger partial charge in [0.15, 0.2) is 0 Å². The molecule has 0 amide bonds. The summed E-state index contributed by atoms with van der Waals surface area (Å²) in [5, 5.41) is 0. The van der Waals surface area contributed by atoms with Crippen LogP contribution in [0.4, 0.5) is 0 Å². The Kier molecular flexibility index (Phi) is 157. The Bertz CT molecular complexity index is 8.00. The van der Waals surface area contributed by atoms with E-state index >= 15 is 0 Å². The van der Waals surface area contributed by atoms with Gasteiger partial charge in [-0.1, -0.05) is 0 Å². The molecular formula is H2CdMgOZn. The molecule has 0 unspecified atom stereocenters. The molecule has 0 heterocycles. The van der Waals surface area contributed by atoms with Gasteiger partial charge in [0.1, 0.15) is 0 Å². The molecule has 0 fully saturated rings. The van der Waals surface area contributed by atoms with Crippen molar-refractivity contribution in [3.8, 4) is 0 Å². The van der Waals surface area contributed by atoms with Gasteiger partial charge in [-0.2, -0.15) is 0 Å². The molecule has 4 heteroatoms. The van der Waals surface area contributed by atoms with E-state index in [9.17, 15) is 0 Å². The zero-order valence-corrected chi connectivity index (χ0v) is 11.0. The van der Waals surface area contributed by atoms with Crippen molar-refractivity contribution in [2.45, 2.75) is 0 Å². The van der Waals surface area contributed by atoms with Gasteiger partial charge < -0.3 is 5.48 Å². The van der Waals surface area contributed by atoms with Gasteiger partial charge in [0, 0.05) is 69.8 Å². The van der Waals surface area contributed by atoms with Crippen LogP contribution < -0.4 is 0 Å². The van der Waals surface area contributed by atoms with Crippen molar-refractivity contribution in [3.05, 3.63) is 0 Å². The molecule has 2 N–H and O–H groups in total. The minimum Gasteiger partial charge on any atom is -0.412 e. The fourth-order valence-corrected chi connectivity index (χ4v) is 0. The third-order valence-corrected chi connectivity index (χ3v) is 0. The summed E-state index contributed by atoms with van der Waals surface area (Å²) in [6.07, 6.45) is 0. The number of hydrogen-bond acceptors (Lipinski definition) is 0. The summed E-state index contributed by atoms with van der Waals surface area (Å²) in [6.45, 7) is 0. The SMILES string of the molecule is O.[Cd].[Mg].[Zn]. The predicted octanol–water partition coefficient (Wildman–Crippen LogP) is -1.21.